The SMILES string of the molecule is CNC(=O)[C@]1(COC)CCCN1. The van der Waals surface area contributed by atoms with Crippen LogP contribution < -0.4 is 10.6 Å². The Balaban J connectivity index is 2.64. The van der Waals surface area contributed by atoms with Gasteiger partial charge in [-0.25, -0.2) is 0 Å². The zero-order valence-corrected chi connectivity index (χ0v) is 7.64. The molecule has 0 bridgehead atoms. The molecule has 70 valence electrons. The quantitative estimate of drug-likeness (QED) is 0.603. The molecule has 1 aliphatic rings. The van der Waals surface area contributed by atoms with Gasteiger partial charge in [0.25, 0.3) is 0 Å². The average Bonchev–Trinajstić information content (AvgIpc) is 2.53. The van der Waals surface area contributed by atoms with Crippen molar-refractivity contribution >= 4 is 5.91 Å². The summed E-state index contributed by atoms with van der Waals surface area (Å²) in [5.74, 6) is 0.0295. The highest BCUT2D eigenvalue weighted by Gasteiger charge is 2.40. The van der Waals surface area contributed by atoms with Crippen LogP contribution in [0.2, 0.25) is 0 Å². The summed E-state index contributed by atoms with van der Waals surface area (Å²) in [6.45, 7) is 1.35. The number of carbonyl (C=O) groups excluding carboxylic acids is 1. The standard InChI is InChI=1S/C8H16N2O2/c1-9-7(11)8(6-12-2)4-3-5-10-8/h10H,3-6H2,1-2H3,(H,9,11)/t8-/m1/s1. The summed E-state index contributed by atoms with van der Waals surface area (Å²) in [6.07, 6.45) is 1.90. The van der Waals surface area contributed by atoms with E-state index in [1.807, 2.05) is 0 Å². The summed E-state index contributed by atoms with van der Waals surface area (Å²) in [4.78, 5) is 11.5. The predicted molar refractivity (Wildman–Crippen MR) is 45.9 cm³/mol. The molecule has 1 amide bonds. The van der Waals surface area contributed by atoms with E-state index in [4.69, 9.17) is 4.74 Å². The highest BCUT2D eigenvalue weighted by molar-refractivity contribution is 5.86. The smallest absolute Gasteiger partial charge is 0.242 e. The van der Waals surface area contributed by atoms with Crippen molar-refractivity contribution in [3.8, 4) is 0 Å². The van der Waals surface area contributed by atoms with Gasteiger partial charge in [-0.1, -0.05) is 0 Å². The lowest BCUT2D eigenvalue weighted by Gasteiger charge is -2.26. The number of methoxy groups -OCH3 is 1. The van der Waals surface area contributed by atoms with Gasteiger partial charge in [0.15, 0.2) is 0 Å². The van der Waals surface area contributed by atoms with Gasteiger partial charge in [-0.05, 0) is 19.4 Å². The number of ether oxygens (including phenoxy) is 1. The summed E-state index contributed by atoms with van der Waals surface area (Å²) < 4.78 is 5.03. The molecule has 12 heavy (non-hydrogen) atoms. The van der Waals surface area contributed by atoms with Crippen LogP contribution in [0.1, 0.15) is 12.8 Å². The Bertz CT molecular complexity index is 164. The molecule has 0 aromatic carbocycles. The highest BCUT2D eigenvalue weighted by Crippen LogP contribution is 2.19. The van der Waals surface area contributed by atoms with Crippen LogP contribution in [0.3, 0.4) is 0 Å². The molecule has 1 heterocycles. The third kappa shape index (κ3) is 1.59. The second-order valence-corrected chi connectivity index (χ2v) is 3.12. The number of hydrogen-bond donors (Lipinski definition) is 2. The van der Waals surface area contributed by atoms with E-state index in [-0.39, 0.29) is 5.91 Å². The monoisotopic (exact) mass is 172 g/mol. The molecule has 1 saturated heterocycles. The zero-order chi connectivity index (χ0) is 9.03. The van der Waals surface area contributed by atoms with E-state index < -0.39 is 5.54 Å². The summed E-state index contributed by atoms with van der Waals surface area (Å²) in [6, 6.07) is 0. The molecule has 0 radical (unpaired) electrons. The molecule has 1 rings (SSSR count). The first-order valence-corrected chi connectivity index (χ1v) is 4.21. The van der Waals surface area contributed by atoms with Crippen molar-refractivity contribution in [1.82, 2.24) is 10.6 Å². The van der Waals surface area contributed by atoms with E-state index in [0.717, 1.165) is 19.4 Å². The van der Waals surface area contributed by atoms with Gasteiger partial charge >= 0.3 is 0 Å². The maximum absolute atomic E-state index is 11.5. The van der Waals surface area contributed by atoms with Crippen molar-refractivity contribution in [2.24, 2.45) is 0 Å². The molecule has 1 atom stereocenters. The minimum atomic E-state index is -0.469. The maximum atomic E-state index is 11.5. The largest absolute Gasteiger partial charge is 0.382 e. The van der Waals surface area contributed by atoms with E-state index in [1.54, 1.807) is 14.2 Å². The van der Waals surface area contributed by atoms with Crippen molar-refractivity contribution in [2.75, 3.05) is 27.3 Å². The van der Waals surface area contributed by atoms with Crippen molar-refractivity contribution in [3.63, 3.8) is 0 Å². The second kappa shape index (κ2) is 3.87. The lowest BCUT2D eigenvalue weighted by atomic mass is 9.98. The average molecular weight is 172 g/mol. The minimum absolute atomic E-state index is 0.0295. The molecule has 4 heteroatoms. The fourth-order valence-electron chi connectivity index (χ4n) is 1.67. The van der Waals surface area contributed by atoms with Crippen LogP contribution in [0.25, 0.3) is 0 Å². The van der Waals surface area contributed by atoms with Gasteiger partial charge in [-0.15, -0.1) is 0 Å². The molecule has 4 nitrogen and oxygen atoms in total. The number of likely N-dealkylation sites (N-methyl/N-ethyl adjacent to an activating group) is 1. The fraction of sp³-hybridized carbons (Fsp3) is 0.875. The Morgan fingerprint density at radius 2 is 2.50 bits per heavy atom. The Hall–Kier alpha value is -0.610. The van der Waals surface area contributed by atoms with Gasteiger partial charge in [-0.3, -0.25) is 4.79 Å². The molecule has 0 aliphatic carbocycles. The first-order valence-electron chi connectivity index (χ1n) is 4.21. The number of hydrogen-bond acceptors (Lipinski definition) is 3. The van der Waals surface area contributed by atoms with Crippen LogP contribution in [0.5, 0.6) is 0 Å². The van der Waals surface area contributed by atoms with Gasteiger partial charge < -0.3 is 15.4 Å². The van der Waals surface area contributed by atoms with Crippen molar-refractivity contribution in [2.45, 2.75) is 18.4 Å². The Kier molecular flexibility index (Phi) is 3.05. The maximum Gasteiger partial charge on any atom is 0.242 e. The topological polar surface area (TPSA) is 50.4 Å². The summed E-state index contributed by atoms with van der Waals surface area (Å²) in [7, 11) is 3.27. The molecule has 1 aliphatic heterocycles. The molecular weight excluding hydrogens is 156 g/mol. The third-order valence-corrected chi connectivity index (χ3v) is 2.30. The third-order valence-electron chi connectivity index (χ3n) is 2.30. The summed E-state index contributed by atoms with van der Waals surface area (Å²) in [5.41, 5.74) is -0.469. The van der Waals surface area contributed by atoms with Crippen molar-refractivity contribution in [3.05, 3.63) is 0 Å². The van der Waals surface area contributed by atoms with Crippen LogP contribution in [0.15, 0.2) is 0 Å². The van der Waals surface area contributed by atoms with Crippen LogP contribution >= 0.6 is 0 Å². The minimum Gasteiger partial charge on any atom is -0.382 e. The number of nitrogens with one attached hydrogen (secondary N) is 2. The van der Waals surface area contributed by atoms with Gasteiger partial charge in [0.05, 0.1) is 6.61 Å². The van der Waals surface area contributed by atoms with Crippen molar-refractivity contribution < 1.29 is 9.53 Å². The van der Waals surface area contributed by atoms with E-state index in [2.05, 4.69) is 10.6 Å². The molecule has 0 saturated carbocycles. The predicted octanol–water partition coefficient (Wildman–Crippen LogP) is -0.499. The number of carbonyl (C=O) groups is 1. The molecular formula is C8H16N2O2. The molecule has 0 unspecified atom stereocenters. The van der Waals surface area contributed by atoms with E-state index in [1.165, 1.54) is 0 Å². The first kappa shape index (κ1) is 9.48. The fourth-order valence-corrected chi connectivity index (χ4v) is 1.67. The molecule has 0 aromatic rings. The highest BCUT2D eigenvalue weighted by atomic mass is 16.5. The molecule has 1 fully saturated rings. The molecule has 0 spiro atoms. The summed E-state index contributed by atoms with van der Waals surface area (Å²) in [5, 5.41) is 5.84. The summed E-state index contributed by atoms with van der Waals surface area (Å²) >= 11 is 0. The van der Waals surface area contributed by atoms with Crippen LogP contribution in [-0.4, -0.2) is 38.8 Å². The van der Waals surface area contributed by atoms with Gasteiger partial charge in [0, 0.05) is 14.2 Å². The first-order chi connectivity index (χ1) is 5.75. The number of rotatable bonds is 3. The zero-order valence-electron chi connectivity index (χ0n) is 7.64. The van der Waals surface area contributed by atoms with Gasteiger partial charge in [0.1, 0.15) is 5.54 Å². The lowest BCUT2D eigenvalue weighted by molar-refractivity contribution is -0.128. The molecule has 2 N–H and O–H groups in total. The Labute approximate surface area is 72.7 Å². The van der Waals surface area contributed by atoms with Crippen LogP contribution in [0.4, 0.5) is 0 Å². The van der Waals surface area contributed by atoms with Gasteiger partial charge in [0.2, 0.25) is 5.91 Å². The Morgan fingerprint density at radius 1 is 1.75 bits per heavy atom. The number of amides is 1. The van der Waals surface area contributed by atoms with E-state index in [9.17, 15) is 4.79 Å². The van der Waals surface area contributed by atoms with E-state index in [0.29, 0.717) is 6.61 Å². The lowest BCUT2D eigenvalue weighted by Crippen LogP contribution is -2.55. The normalized spacial score (nSPS) is 28.8. The van der Waals surface area contributed by atoms with Crippen LogP contribution in [-0.2, 0) is 9.53 Å². The van der Waals surface area contributed by atoms with Crippen molar-refractivity contribution in [1.29, 1.82) is 0 Å². The Morgan fingerprint density at radius 3 is 2.92 bits per heavy atom. The van der Waals surface area contributed by atoms with E-state index >= 15 is 0 Å². The van der Waals surface area contributed by atoms with Gasteiger partial charge in [-0.2, -0.15) is 0 Å². The molecule has 0 aromatic heterocycles. The van der Waals surface area contributed by atoms with Crippen LogP contribution in [0, 0.1) is 0 Å². The second-order valence-electron chi connectivity index (χ2n) is 3.12.